The fraction of sp³-hybridized carbons (Fsp3) is 0.500. The first-order valence-electron chi connectivity index (χ1n) is 6.32. The third-order valence-corrected chi connectivity index (χ3v) is 4.00. The molecule has 5 heteroatoms. The van der Waals surface area contributed by atoms with E-state index in [-0.39, 0.29) is 11.3 Å². The Bertz CT molecular complexity index is 506. The molecule has 1 aromatic carbocycles. The van der Waals surface area contributed by atoms with Crippen molar-refractivity contribution in [3.8, 4) is 5.75 Å². The van der Waals surface area contributed by atoms with Crippen molar-refractivity contribution in [2.45, 2.75) is 45.8 Å². The molecule has 1 saturated heterocycles. The van der Waals surface area contributed by atoms with Crippen molar-refractivity contribution in [2.24, 2.45) is 0 Å². The van der Waals surface area contributed by atoms with E-state index >= 15 is 0 Å². The first-order valence-corrected chi connectivity index (χ1v) is 6.32. The van der Waals surface area contributed by atoms with Crippen LogP contribution in [-0.4, -0.2) is 29.7 Å². The normalized spacial score (nSPS) is 20.6. The summed E-state index contributed by atoms with van der Waals surface area (Å²) in [6.07, 6.45) is 0.636. The lowest BCUT2D eigenvalue weighted by Gasteiger charge is -2.32. The summed E-state index contributed by atoms with van der Waals surface area (Å²) in [6.45, 7) is 9.64. The Hall–Kier alpha value is -1.33. The molecule has 4 nitrogen and oxygen atoms in total. The molecule has 0 atom stereocenters. The van der Waals surface area contributed by atoms with E-state index in [1.54, 1.807) is 19.1 Å². The maximum atomic E-state index is 11.0. The van der Waals surface area contributed by atoms with E-state index in [1.807, 2.05) is 27.7 Å². The van der Waals surface area contributed by atoms with Gasteiger partial charge in [-0.25, -0.2) is 0 Å². The zero-order chi connectivity index (χ0) is 14.4. The molecule has 0 amide bonds. The summed E-state index contributed by atoms with van der Waals surface area (Å²) in [5.41, 5.74) is 0.783. The van der Waals surface area contributed by atoms with Crippen molar-refractivity contribution in [2.75, 3.05) is 0 Å². The number of hydrogen-bond donors (Lipinski definition) is 1. The molecular formula is C14H19BO4. The van der Waals surface area contributed by atoms with E-state index in [1.165, 1.54) is 0 Å². The minimum absolute atomic E-state index is 0.00951. The maximum Gasteiger partial charge on any atom is 0.494 e. The van der Waals surface area contributed by atoms with E-state index in [2.05, 4.69) is 0 Å². The molecule has 0 spiro atoms. The summed E-state index contributed by atoms with van der Waals surface area (Å²) in [4.78, 5) is 11.0. The minimum atomic E-state index is -0.525. The highest BCUT2D eigenvalue weighted by Crippen LogP contribution is 2.36. The van der Waals surface area contributed by atoms with Gasteiger partial charge in [0.25, 0.3) is 0 Å². The topological polar surface area (TPSA) is 55.8 Å². The van der Waals surface area contributed by atoms with Crippen molar-refractivity contribution >= 4 is 18.9 Å². The van der Waals surface area contributed by atoms with Crippen LogP contribution < -0.4 is 5.46 Å². The predicted molar refractivity (Wildman–Crippen MR) is 73.9 cm³/mol. The largest absolute Gasteiger partial charge is 0.507 e. The number of hydrogen-bond acceptors (Lipinski definition) is 4. The predicted octanol–water partition coefficient (Wildman–Crippen LogP) is 1.81. The molecule has 2 rings (SSSR count). The van der Waals surface area contributed by atoms with Crippen LogP contribution in [0.4, 0.5) is 0 Å². The number of rotatable bonds is 2. The van der Waals surface area contributed by atoms with Crippen LogP contribution in [0.3, 0.4) is 0 Å². The summed E-state index contributed by atoms with van der Waals surface area (Å²) in [5, 5.41) is 9.76. The number of carbonyl (C=O) groups is 1. The zero-order valence-corrected chi connectivity index (χ0v) is 12.0. The van der Waals surface area contributed by atoms with E-state index in [4.69, 9.17) is 9.31 Å². The van der Waals surface area contributed by atoms with Crippen LogP contribution in [0.15, 0.2) is 12.1 Å². The molecule has 1 fully saturated rings. The molecule has 1 aliphatic heterocycles. The second-order valence-electron chi connectivity index (χ2n) is 5.98. The van der Waals surface area contributed by atoms with E-state index in [0.717, 1.165) is 5.46 Å². The van der Waals surface area contributed by atoms with Gasteiger partial charge in [0.15, 0.2) is 6.29 Å². The highest BCUT2D eigenvalue weighted by atomic mass is 16.7. The number of benzene rings is 1. The average molecular weight is 262 g/mol. The Morgan fingerprint density at radius 3 is 2.16 bits per heavy atom. The van der Waals surface area contributed by atoms with Gasteiger partial charge in [0, 0.05) is 0 Å². The molecule has 1 aromatic rings. The van der Waals surface area contributed by atoms with Crippen LogP contribution in [0, 0.1) is 6.92 Å². The molecule has 0 aromatic heterocycles. The van der Waals surface area contributed by atoms with Crippen LogP contribution in [-0.2, 0) is 9.31 Å². The Labute approximate surface area is 113 Å². The van der Waals surface area contributed by atoms with Crippen LogP contribution in [0.2, 0.25) is 0 Å². The second kappa shape index (κ2) is 4.35. The highest BCUT2D eigenvalue weighted by Gasteiger charge is 2.51. The standard InChI is InChI=1S/C14H19BO4/c1-9-6-11(7-10(8-16)12(9)17)15-18-13(2,3)14(4,5)19-15/h6-8,17H,1-5H3. The molecule has 0 saturated carbocycles. The lowest BCUT2D eigenvalue weighted by Crippen LogP contribution is -2.41. The van der Waals surface area contributed by atoms with Gasteiger partial charge in [0.1, 0.15) is 5.75 Å². The summed E-state index contributed by atoms with van der Waals surface area (Å²) in [5.74, 6) is 0.00951. The maximum absolute atomic E-state index is 11.0. The lowest BCUT2D eigenvalue weighted by molar-refractivity contribution is 0.00578. The molecule has 1 N–H and O–H groups in total. The van der Waals surface area contributed by atoms with Crippen molar-refractivity contribution in [3.63, 3.8) is 0 Å². The number of aromatic hydroxyl groups is 1. The van der Waals surface area contributed by atoms with Crippen molar-refractivity contribution in [3.05, 3.63) is 23.3 Å². The van der Waals surface area contributed by atoms with Crippen LogP contribution >= 0.6 is 0 Å². The monoisotopic (exact) mass is 262 g/mol. The van der Waals surface area contributed by atoms with Gasteiger partial charge >= 0.3 is 7.12 Å². The molecule has 1 aliphatic rings. The lowest BCUT2D eigenvalue weighted by atomic mass is 9.77. The summed E-state index contributed by atoms with van der Waals surface area (Å²) >= 11 is 0. The molecule has 0 aliphatic carbocycles. The average Bonchev–Trinajstić information content (AvgIpc) is 2.52. The van der Waals surface area contributed by atoms with Crippen LogP contribution in [0.25, 0.3) is 0 Å². The molecule has 19 heavy (non-hydrogen) atoms. The number of aldehydes is 1. The van der Waals surface area contributed by atoms with Gasteiger partial charge in [0.05, 0.1) is 16.8 Å². The molecule has 102 valence electrons. The van der Waals surface area contributed by atoms with Crippen molar-refractivity contribution in [1.29, 1.82) is 0 Å². The summed E-state index contributed by atoms with van der Waals surface area (Å²) in [7, 11) is -0.525. The number of phenols is 1. The fourth-order valence-corrected chi connectivity index (χ4v) is 2.04. The first-order chi connectivity index (χ1) is 8.68. The van der Waals surface area contributed by atoms with E-state index < -0.39 is 18.3 Å². The van der Waals surface area contributed by atoms with Crippen LogP contribution in [0.5, 0.6) is 5.75 Å². The fourth-order valence-electron chi connectivity index (χ4n) is 2.04. The Kier molecular flexibility index (Phi) is 3.23. The van der Waals surface area contributed by atoms with Crippen molar-refractivity contribution in [1.82, 2.24) is 0 Å². The Morgan fingerprint density at radius 1 is 1.16 bits per heavy atom. The van der Waals surface area contributed by atoms with Gasteiger partial charge in [-0.15, -0.1) is 0 Å². The molecule has 1 heterocycles. The summed E-state index contributed by atoms with van der Waals surface area (Å²) < 4.78 is 11.8. The Balaban J connectivity index is 2.40. The number of phenolic OH excluding ortho intramolecular Hbond substituents is 1. The molecule has 0 bridgehead atoms. The smallest absolute Gasteiger partial charge is 0.494 e. The van der Waals surface area contributed by atoms with E-state index in [0.29, 0.717) is 11.8 Å². The molecule has 0 radical (unpaired) electrons. The van der Waals surface area contributed by atoms with Gasteiger partial charge in [-0.3, -0.25) is 4.79 Å². The Morgan fingerprint density at radius 2 is 1.68 bits per heavy atom. The molecular weight excluding hydrogens is 243 g/mol. The van der Waals surface area contributed by atoms with Gasteiger partial charge in [-0.2, -0.15) is 0 Å². The number of carbonyl (C=O) groups excluding carboxylic acids is 1. The van der Waals surface area contributed by atoms with Gasteiger partial charge in [-0.05, 0) is 51.7 Å². The molecule has 0 unspecified atom stereocenters. The van der Waals surface area contributed by atoms with Gasteiger partial charge in [0.2, 0.25) is 0 Å². The SMILES string of the molecule is Cc1cc(B2OC(C)(C)C(C)(C)O2)cc(C=O)c1O. The summed E-state index contributed by atoms with van der Waals surface area (Å²) in [6, 6.07) is 3.39. The van der Waals surface area contributed by atoms with Gasteiger partial charge < -0.3 is 14.4 Å². The quantitative estimate of drug-likeness (QED) is 0.652. The highest BCUT2D eigenvalue weighted by molar-refractivity contribution is 6.62. The van der Waals surface area contributed by atoms with Crippen LogP contribution in [0.1, 0.15) is 43.6 Å². The first kappa shape index (κ1) is 14.1. The second-order valence-corrected chi connectivity index (χ2v) is 5.98. The third kappa shape index (κ3) is 2.28. The minimum Gasteiger partial charge on any atom is -0.507 e. The van der Waals surface area contributed by atoms with Gasteiger partial charge in [-0.1, -0.05) is 6.07 Å². The number of aryl methyl sites for hydroxylation is 1. The van der Waals surface area contributed by atoms with Crippen molar-refractivity contribution < 1.29 is 19.2 Å². The van der Waals surface area contributed by atoms with E-state index in [9.17, 15) is 9.90 Å². The third-order valence-electron chi connectivity index (χ3n) is 4.00. The zero-order valence-electron chi connectivity index (χ0n) is 12.0.